The van der Waals surface area contributed by atoms with Gasteiger partial charge in [0.1, 0.15) is 0 Å². The van der Waals surface area contributed by atoms with Crippen molar-refractivity contribution < 1.29 is 5.11 Å². The van der Waals surface area contributed by atoms with Gasteiger partial charge >= 0.3 is 0 Å². The van der Waals surface area contributed by atoms with Gasteiger partial charge < -0.3 is 5.11 Å². The van der Waals surface area contributed by atoms with Gasteiger partial charge in [0.25, 0.3) is 0 Å². The van der Waals surface area contributed by atoms with E-state index < -0.39 is 0 Å². The molecule has 1 aliphatic carbocycles. The zero-order valence-corrected chi connectivity index (χ0v) is 6.75. The summed E-state index contributed by atoms with van der Waals surface area (Å²) in [5, 5.41) is 9.87. The van der Waals surface area contributed by atoms with Crippen LogP contribution in [0.4, 0.5) is 0 Å². The van der Waals surface area contributed by atoms with Crippen LogP contribution in [-0.2, 0) is 0 Å². The zero-order chi connectivity index (χ0) is 7.84. The first kappa shape index (κ1) is 7.14. The summed E-state index contributed by atoms with van der Waals surface area (Å²) in [5.74, 6) is 0.368. The molecule has 2 unspecified atom stereocenters. The molecule has 0 radical (unpaired) electrons. The molecule has 2 atom stereocenters. The van der Waals surface area contributed by atoms with Crippen molar-refractivity contribution in [3.05, 3.63) is 34.9 Å². The Kier molecular flexibility index (Phi) is 1.63. The van der Waals surface area contributed by atoms with Gasteiger partial charge in [0, 0.05) is 10.9 Å². The van der Waals surface area contributed by atoms with Gasteiger partial charge in [-0.3, -0.25) is 0 Å². The van der Waals surface area contributed by atoms with Crippen LogP contribution in [0.1, 0.15) is 17.9 Å². The van der Waals surface area contributed by atoms with Crippen LogP contribution in [0.2, 0.25) is 5.02 Å². The Hall–Kier alpha value is -0.530. The van der Waals surface area contributed by atoms with Crippen LogP contribution in [0.15, 0.2) is 24.3 Å². The van der Waals surface area contributed by atoms with Gasteiger partial charge in [-0.2, -0.15) is 0 Å². The minimum atomic E-state index is -0.115. The van der Waals surface area contributed by atoms with E-state index in [1.54, 1.807) is 0 Å². The normalized spacial score (nSPS) is 28.5. The largest absolute Gasteiger partial charge is 0.392 e. The van der Waals surface area contributed by atoms with Crippen LogP contribution in [0.5, 0.6) is 0 Å². The number of aliphatic hydroxyl groups excluding tert-OH is 1. The summed E-state index contributed by atoms with van der Waals surface area (Å²) >= 11 is 5.71. The second-order valence-electron chi connectivity index (χ2n) is 2.96. The lowest BCUT2D eigenvalue weighted by Crippen LogP contribution is -1.84. The highest BCUT2D eigenvalue weighted by Gasteiger charge is 2.36. The highest BCUT2D eigenvalue weighted by Crippen LogP contribution is 2.40. The van der Waals surface area contributed by atoms with Gasteiger partial charge in [0.05, 0.1) is 6.10 Å². The number of aliphatic hydroxyl groups is 1. The van der Waals surface area contributed by atoms with E-state index in [0.717, 1.165) is 11.4 Å². The molecule has 2 heteroatoms. The first-order chi connectivity index (χ1) is 5.27. The standard InChI is InChI=1S/C9H9ClO/c10-7-3-1-6(2-4-7)8-5-9(8)11/h1-4,8-9,11H,5H2. The molecular formula is C9H9ClO. The van der Waals surface area contributed by atoms with Gasteiger partial charge in [-0.1, -0.05) is 23.7 Å². The third-order valence-electron chi connectivity index (χ3n) is 2.05. The average molecular weight is 169 g/mol. The molecule has 1 fully saturated rings. The van der Waals surface area contributed by atoms with E-state index in [4.69, 9.17) is 16.7 Å². The lowest BCUT2D eigenvalue weighted by molar-refractivity contribution is 0.272. The molecule has 0 aliphatic heterocycles. The molecule has 0 heterocycles. The van der Waals surface area contributed by atoms with Crippen molar-refractivity contribution in [2.24, 2.45) is 0 Å². The summed E-state index contributed by atoms with van der Waals surface area (Å²) < 4.78 is 0. The molecule has 0 spiro atoms. The fourth-order valence-electron chi connectivity index (χ4n) is 1.25. The maximum absolute atomic E-state index is 9.12. The maximum Gasteiger partial charge on any atom is 0.0616 e. The summed E-state index contributed by atoms with van der Waals surface area (Å²) in [7, 11) is 0. The molecule has 1 aliphatic rings. The molecule has 1 aromatic rings. The second-order valence-corrected chi connectivity index (χ2v) is 3.40. The molecular weight excluding hydrogens is 160 g/mol. The predicted molar refractivity (Wildman–Crippen MR) is 44.8 cm³/mol. The molecule has 11 heavy (non-hydrogen) atoms. The van der Waals surface area contributed by atoms with Crippen molar-refractivity contribution >= 4 is 11.6 Å². The Bertz CT molecular complexity index is 255. The van der Waals surface area contributed by atoms with Crippen LogP contribution < -0.4 is 0 Å². The van der Waals surface area contributed by atoms with E-state index in [1.165, 1.54) is 5.56 Å². The van der Waals surface area contributed by atoms with E-state index in [2.05, 4.69) is 0 Å². The molecule has 1 saturated carbocycles. The van der Waals surface area contributed by atoms with E-state index >= 15 is 0 Å². The molecule has 1 aromatic carbocycles. The molecule has 0 bridgehead atoms. The number of hydrogen-bond donors (Lipinski definition) is 1. The van der Waals surface area contributed by atoms with Crippen LogP contribution in [-0.4, -0.2) is 11.2 Å². The quantitative estimate of drug-likeness (QED) is 0.682. The lowest BCUT2D eigenvalue weighted by Gasteiger charge is -1.96. The van der Waals surface area contributed by atoms with E-state index in [-0.39, 0.29) is 6.10 Å². The third-order valence-corrected chi connectivity index (χ3v) is 2.31. The second kappa shape index (κ2) is 2.50. The first-order valence-electron chi connectivity index (χ1n) is 3.71. The zero-order valence-electron chi connectivity index (χ0n) is 6.00. The van der Waals surface area contributed by atoms with Crippen LogP contribution in [0, 0.1) is 0 Å². The third kappa shape index (κ3) is 1.39. The minimum absolute atomic E-state index is 0.115. The van der Waals surface area contributed by atoms with Crippen molar-refractivity contribution in [1.29, 1.82) is 0 Å². The van der Waals surface area contributed by atoms with Gasteiger partial charge in [-0.15, -0.1) is 0 Å². The number of hydrogen-bond acceptors (Lipinski definition) is 1. The van der Waals surface area contributed by atoms with Crippen LogP contribution >= 0.6 is 11.6 Å². The Labute approximate surface area is 70.6 Å². The molecule has 0 saturated heterocycles. The van der Waals surface area contributed by atoms with E-state index in [1.807, 2.05) is 24.3 Å². The Morgan fingerprint density at radius 2 is 1.82 bits per heavy atom. The monoisotopic (exact) mass is 168 g/mol. The summed E-state index contributed by atoms with van der Waals surface area (Å²) in [6, 6.07) is 7.68. The Morgan fingerprint density at radius 1 is 1.27 bits per heavy atom. The van der Waals surface area contributed by atoms with Crippen LogP contribution in [0.25, 0.3) is 0 Å². The smallest absolute Gasteiger partial charge is 0.0616 e. The van der Waals surface area contributed by atoms with Crippen molar-refractivity contribution in [3.8, 4) is 0 Å². The van der Waals surface area contributed by atoms with Crippen molar-refractivity contribution in [1.82, 2.24) is 0 Å². The summed E-state index contributed by atoms with van der Waals surface area (Å²) in [5.41, 5.74) is 1.20. The maximum atomic E-state index is 9.12. The van der Waals surface area contributed by atoms with Gasteiger partial charge in [-0.25, -0.2) is 0 Å². The van der Waals surface area contributed by atoms with E-state index in [9.17, 15) is 0 Å². The molecule has 2 rings (SSSR count). The van der Waals surface area contributed by atoms with Gasteiger partial charge in [-0.05, 0) is 24.1 Å². The lowest BCUT2D eigenvalue weighted by atomic mass is 10.1. The number of rotatable bonds is 1. The molecule has 1 N–H and O–H groups in total. The average Bonchev–Trinajstić information content (AvgIpc) is 2.69. The number of halogens is 1. The first-order valence-corrected chi connectivity index (χ1v) is 4.09. The van der Waals surface area contributed by atoms with Crippen molar-refractivity contribution in [2.75, 3.05) is 0 Å². The molecule has 0 aromatic heterocycles. The molecule has 58 valence electrons. The summed E-state index contributed by atoms with van der Waals surface area (Å²) in [6.07, 6.45) is 0.790. The van der Waals surface area contributed by atoms with Gasteiger partial charge in [0.15, 0.2) is 0 Å². The van der Waals surface area contributed by atoms with Crippen molar-refractivity contribution in [2.45, 2.75) is 18.4 Å². The fourth-order valence-corrected chi connectivity index (χ4v) is 1.38. The molecule has 0 amide bonds. The highest BCUT2D eigenvalue weighted by atomic mass is 35.5. The van der Waals surface area contributed by atoms with Crippen molar-refractivity contribution in [3.63, 3.8) is 0 Å². The Morgan fingerprint density at radius 3 is 2.27 bits per heavy atom. The summed E-state index contributed by atoms with van der Waals surface area (Å²) in [4.78, 5) is 0. The predicted octanol–water partition coefficient (Wildman–Crippen LogP) is 2.19. The minimum Gasteiger partial charge on any atom is -0.392 e. The number of benzene rings is 1. The van der Waals surface area contributed by atoms with Crippen LogP contribution in [0.3, 0.4) is 0 Å². The fraction of sp³-hybridized carbons (Fsp3) is 0.333. The highest BCUT2D eigenvalue weighted by molar-refractivity contribution is 6.30. The van der Waals surface area contributed by atoms with E-state index in [0.29, 0.717) is 5.92 Å². The molecule has 1 nitrogen and oxygen atoms in total. The SMILES string of the molecule is OC1CC1c1ccc(Cl)cc1. The van der Waals surface area contributed by atoms with Gasteiger partial charge in [0.2, 0.25) is 0 Å². The topological polar surface area (TPSA) is 20.2 Å². The summed E-state index contributed by atoms with van der Waals surface area (Å²) in [6.45, 7) is 0. The Balaban J connectivity index is 2.21.